The average Bonchev–Trinajstić information content (AvgIpc) is 0.673. The Bertz CT molecular complexity index is 3570. The van der Waals surface area contributed by atoms with Crippen molar-refractivity contribution < 1.29 is 213 Å². The Hall–Kier alpha value is -2.43. The molecule has 14 rings (SSSR count). The molecule has 9 heterocycles. The average molecular weight is 1790 g/mol. The zero-order valence-electron chi connectivity index (χ0n) is 70.6. The van der Waals surface area contributed by atoms with Crippen molar-refractivity contribution in [3.05, 3.63) is 11.6 Å². The minimum absolute atomic E-state index is 0.0501. The molecule has 24 N–H and O–H groups in total. The van der Waals surface area contributed by atoms with Gasteiger partial charge in [-0.2, -0.15) is 0 Å². The molecule has 43 heteroatoms. The molecule has 0 aromatic carbocycles. The van der Waals surface area contributed by atoms with Gasteiger partial charge in [0.15, 0.2) is 50.3 Å². The van der Waals surface area contributed by atoms with E-state index in [-0.39, 0.29) is 34.0 Å². The maximum absolute atomic E-state index is 15.5. The van der Waals surface area contributed by atoms with Crippen LogP contribution in [0.5, 0.6) is 0 Å². The van der Waals surface area contributed by atoms with Crippen LogP contribution in [0.15, 0.2) is 11.6 Å². The molecule has 0 unspecified atom stereocenters. The van der Waals surface area contributed by atoms with E-state index in [1.165, 1.54) is 6.92 Å². The van der Waals surface area contributed by atoms with Crippen LogP contribution in [0.4, 0.5) is 0 Å². The molecule has 0 spiro atoms. The first-order valence-corrected chi connectivity index (χ1v) is 43.3. The lowest BCUT2D eigenvalue weighted by Gasteiger charge is -2.71. The first-order valence-electron chi connectivity index (χ1n) is 43.3. The van der Waals surface area contributed by atoms with E-state index in [0.29, 0.717) is 51.4 Å². The van der Waals surface area contributed by atoms with Crippen LogP contribution in [0.2, 0.25) is 0 Å². The number of allylic oxidation sites excluding steroid dienone is 2. The number of hydrogen-bond acceptors (Lipinski definition) is 43. The molecule has 0 amide bonds. The molecule has 0 aromatic heterocycles. The minimum atomic E-state index is -2.04. The Labute approximate surface area is 714 Å². The smallest absolute Gasteiger partial charge is 0.315 e. The third-order valence-electron chi connectivity index (χ3n) is 30.7. The summed E-state index contributed by atoms with van der Waals surface area (Å²) in [4.78, 5) is 15.5. The third kappa shape index (κ3) is 17.7. The standard InChI is InChI=1S/C81H132O43/c1-28-42(87)48(93)55(100)69(111-28)120-63-36(23-84)115-71(60(105)53(63)98)121-62-35(22-83)114-66(58(103)52(62)97)109-26-37-46(91)50(95)57(102)72(117-37)124-75(106)81-18-16-76(3,4)20-31(81)30-10-11-40-78(7)14-13-41(77(5,6)39(78)12-15-80(40,9)79(30,8)17-19-81)118-68-59(104)51(96)61(29(2)112-68)119-73-65(44(89)33(86)24-107-73)123-74-64(43(88)32(85)25-108-74)122-67-54(99)47(92)38(27-110-67)116-70-56(101)49(94)45(90)34(21-82)113-70/h10,28-29,31-74,82-105H,11-27H2,1-9H3/t28-,29-,31-,32-,33-,34-,35-,36-,37-,38-,39+,40-,41-,42-,43+,44+,45-,46-,47+,48+,49+,50+,51-,52-,53-,54-,55-,56-,57-,58-,59-,60-,61-,62-,63-,64-,65-,66-,67+,68+,69+,70+,71+,72+,73+,74+,78+,79+,80+,81+/m0/s1. The predicted molar refractivity (Wildman–Crippen MR) is 405 cm³/mol. The number of aliphatic hydroxyl groups excluding tert-OH is 24. The first kappa shape index (κ1) is 97.6. The van der Waals surface area contributed by atoms with Gasteiger partial charge in [-0.3, -0.25) is 4.79 Å². The molecule has 0 aromatic rings. The summed E-state index contributed by atoms with van der Waals surface area (Å²) < 4.78 is 107. The van der Waals surface area contributed by atoms with Crippen molar-refractivity contribution in [3.8, 4) is 0 Å². The van der Waals surface area contributed by atoms with E-state index in [9.17, 15) is 123 Å². The van der Waals surface area contributed by atoms with Crippen LogP contribution >= 0.6 is 0 Å². The van der Waals surface area contributed by atoms with E-state index in [2.05, 4.69) is 54.5 Å². The number of carbonyl (C=O) groups is 1. The van der Waals surface area contributed by atoms with Crippen molar-refractivity contribution in [2.45, 2.75) is 391 Å². The second kappa shape index (κ2) is 37.8. The molecule has 0 bridgehead atoms. The van der Waals surface area contributed by atoms with Crippen LogP contribution in [-0.2, 0) is 90.1 Å². The summed E-state index contributed by atoms with van der Waals surface area (Å²) in [6.07, 6.45) is -64.7. The van der Waals surface area contributed by atoms with E-state index in [1.807, 2.05) is 0 Å². The normalized spacial score (nSPS) is 54.7. The zero-order chi connectivity index (χ0) is 90.2. The number of hydrogen-bond donors (Lipinski definition) is 24. The Morgan fingerprint density at radius 3 is 1.44 bits per heavy atom. The lowest BCUT2D eigenvalue weighted by Crippen LogP contribution is -2.66. The SMILES string of the molecule is C[C@@H]1O[C@H](O[C@@H]2[C@@H](O)[C@H](O)[C@@H](O[C@@H]3[C@@H](O)[C@H](O)[C@@H](OC[C@@H]4O[C@H](OC(=O)[C@@]56CCC(C)(C)C[C@H]5C5=CC[C@H]7[C@]8(C)CC[C@H](O[C@H]9O[C@@H](C)[C@H](O[C@H]%10OC[C@H](O)[C@@H](O)[C@@H]%10O[C@H]%10OC[C@H](O)[C@@H](O)[C@@H]%10O[C@H]%10OC[C@H](O[C@H]%11O[C@@H](CO)[C@H](O)[C@@H](O)[C@@H]%11O)[C@@H](O)[C@@H]%10O)[C@@H](O)[C@@H]9O)C(C)(C)[C@H]8CC[C@@]7(C)[C@]5(C)CC6)[C@@H](O)[C@H](O)[C@H]4O)O[C@H]3CO)O[C@H]2CO)[C@@H](O)[C@H](O)[C@H]1O. The topological polar surface area (TPSA) is 669 Å². The summed E-state index contributed by atoms with van der Waals surface area (Å²) in [5, 5.41) is 263. The van der Waals surface area contributed by atoms with Gasteiger partial charge in [-0.1, -0.05) is 60.1 Å². The summed E-state index contributed by atoms with van der Waals surface area (Å²) in [6, 6.07) is 0. The van der Waals surface area contributed by atoms with Gasteiger partial charge in [-0.25, -0.2) is 0 Å². The molecule has 9 aliphatic heterocycles. The molecule has 5 aliphatic carbocycles. The van der Waals surface area contributed by atoms with Crippen LogP contribution in [0.25, 0.3) is 0 Å². The summed E-state index contributed by atoms with van der Waals surface area (Å²) in [5.41, 5.74) is -1.86. The Balaban J connectivity index is 0.593. The van der Waals surface area contributed by atoms with E-state index in [4.69, 9.17) is 85.3 Å². The fourth-order valence-electron chi connectivity index (χ4n) is 22.9. The maximum Gasteiger partial charge on any atom is 0.315 e. The highest BCUT2D eigenvalue weighted by Gasteiger charge is 2.71. The Kier molecular flexibility index (Phi) is 29.7. The molecule has 4 saturated carbocycles. The highest BCUT2D eigenvalue weighted by molar-refractivity contribution is 5.79. The monoisotopic (exact) mass is 1790 g/mol. The van der Waals surface area contributed by atoms with E-state index in [0.717, 1.165) is 18.4 Å². The fraction of sp³-hybridized carbons (Fsp3) is 0.963. The molecule has 9 saturated heterocycles. The fourth-order valence-corrected chi connectivity index (χ4v) is 22.9. The number of fused-ring (bicyclic) bond motifs is 7. The molecule has 0 radical (unpaired) electrons. The predicted octanol–water partition coefficient (Wildman–Crippen LogP) is -8.94. The van der Waals surface area contributed by atoms with E-state index < -0.39 is 333 Å². The van der Waals surface area contributed by atoms with Crippen LogP contribution < -0.4 is 0 Å². The summed E-state index contributed by atoms with van der Waals surface area (Å²) in [7, 11) is 0. The largest absolute Gasteiger partial charge is 0.432 e. The van der Waals surface area contributed by atoms with Crippen molar-refractivity contribution in [1.29, 1.82) is 0 Å². The van der Waals surface area contributed by atoms with Gasteiger partial charge >= 0.3 is 5.97 Å². The van der Waals surface area contributed by atoms with Crippen molar-refractivity contribution in [2.75, 3.05) is 46.2 Å². The second-order valence-electron chi connectivity index (χ2n) is 39.0. The Morgan fingerprint density at radius 1 is 0.387 bits per heavy atom. The molecule has 50 atom stereocenters. The van der Waals surface area contributed by atoms with Crippen LogP contribution in [0.3, 0.4) is 0 Å². The summed E-state index contributed by atoms with van der Waals surface area (Å²) >= 11 is 0. The van der Waals surface area contributed by atoms with Crippen molar-refractivity contribution in [3.63, 3.8) is 0 Å². The molecule has 13 fully saturated rings. The van der Waals surface area contributed by atoms with Crippen molar-refractivity contribution in [2.24, 2.45) is 50.2 Å². The van der Waals surface area contributed by atoms with E-state index in [1.54, 1.807) is 6.92 Å². The van der Waals surface area contributed by atoms with Gasteiger partial charge in [0.1, 0.15) is 189 Å². The van der Waals surface area contributed by atoms with Crippen molar-refractivity contribution >= 4 is 5.97 Å². The molecular formula is C81H132O43. The van der Waals surface area contributed by atoms with Gasteiger partial charge in [0.2, 0.25) is 6.29 Å². The van der Waals surface area contributed by atoms with Gasteiger partial charge in [0.25, 0.3) is 0 Å². The van der Waals surface area contributed by atoms with Crippen molar-refractivity contribution in [1.82, 2.24) is 0 Å². The lowest BCUT2D eigenvalue weighted by atomic mass is 9.33. The van der Waals surface area contributed by atoms with Gasteiger partial charge in [-0.05, 0) is 123 Å². The maximum atomic E-state index is 15.5. The molecule has 714 valence electrons. The number of ether oxygens (including phenoxy) is 18. The zero-order valence-corrected chi connectivity index (χ0v) is 70.6. The van der Waals surface area contributed by atoms with Crippen LogP contribution in [-0.4, -0.2) is 439 Å². The number of esters is 1. The van der Waals surface area contributed by atoms with Gasteiger partial charge in [0.05, 0.1) is 70.0 Å². The quantitative estimate of drug-likeness (QED) is 0.0272. The number of aliphatic hydroxyl groups is 24. The van der Waals surface area contributed by atoms with Crippen LogP contribution in [0, 0.1) is 50.2 Å². The number of rotatable bonds is 22. The lowest BCUT2D eigenvalue weighted by molar-refractivity contribution is -0.389. The summed E-state index contributed by atoms with van der Waals surface area (Å²) in [6.45, 7) is 13.6. The first-order chi connectivity index (χ1) is 58.3. The minimum Gasteiger partial charge on any atom is -0.432 e. The van der Waals surface area contributed by atoms with Gasteiger partial charge in [0, 0.05) is 0 Å². The van der Waals surface area contributed by atoms with Gasteiger partial charge < -0.3 is 208 Å². The molecule has 14 aliphatic rings. The Morgan fingerprint density at radius 2 is 0.839 bits per heavy atom. The number of carbonyl (C=O) groups excluding carboxylic acids is 1. The molecular weight excluding hydrogens is 1660 g/mol. The van der Waals surface area contributed by atoms with Crippen LogP contribution in [0.1, 0.15) is 127 Å². The molecule has 43 nitrogen and oxygen atoms in total. The van der Waals surface area contributed by atoms with E-state index >= 15 is 4.79 Å². The highest BCUT2D eigenvalue weighted by atomic mass is 16.8. The third-order valence-corrected chi connectivity index (χ3v) is 30.7. The van der Waals surface area contributed by atoms with Gasteiger partial charge in [-0.15, -0.1) is 0 Å². The highest BCUT2D eigenvalue weighted by Crippen LogP contribution is 2.76. The molecule has 124 heavy (non-hydrogen) atoms. The second-order valence-corrected chi connectivity index (χ2v) is 39.0. The summed E-state index contributed by atoms with van der Waals surface area (Å²) in [5.74, 6) is -0.849.